The molecule has 1 aliphatic heterocycles. The summed E-state index contributed by atoms with van der Waals surface area (Å²) in [4.78, 5) is 31.8. The summed E-state index contributed by atoms with van der Waals surface area (Å²) in [5.41, 5.74) is 1.62. The number of amides is 3. The predicted octanol–water partition coefficient (Wildman–Crippen LogP) is 2.55. The van der Waals surface area contributed by atoms with Gasteiger partial charge in [-0.25, -0.2) is 4.79 Å². The molecule has 0 bridgehead atoms. The van der Waals surface area contributed by atoms with Gasteiger partial charge in [0.05, 0.1) is 32.4 Å². The Kier molecular flexibility index (Phi) is 7.33. The van der Waals surface area contributed by atoms with E-state index in [1.165, 1.54) is 0 Å². The smallest absolute Gasteiger partial charge is 0.317 e. The Labute approximate surface area is 182 Å². The van der Waals surface area contributed by atoms with E-state index in [9.17, 15) is 9.59 Å². The summed E-state index contributed by atoms with van der Waals surface area (Å²) in [6.07, 6.45) is 1.69. The van der Waals surface area contributed by atoms with Crippen molar-refractivity contribution in [3.8, 4) is 11.5 Å². The van der Waals surface area contributed by atoms with Crippen molar-refractivity contribution in [1.82, 2.24) is 20.5 Å². The zero-order valence-electron chi connectivity index (χ0n) is 18.4. The van der Waals surface area contributed by atoms with Crippen LogP contribution in [0.25, 0.3) is 0 Å². The molecule has 2 N–H and O–H groups in total. The van der Waals surface area contributed by atoms with E-state index < -0.39 is 5.92 Å². The van der Waals surface area contributed by atoms with Gasteiger partial charge in [0, 0.05) is 36.8 Å². The van der Waals surface area contributed by atoms with Crippen molar-refractivity contribution in [1.29, 1.82) is 0 Å². The first kappa shape index (κ1) is 22.4. The minimum atomic E-state index is -0.428. The zero-order chi connectivity index (χ0) is 22.4. The number of carbonyl (C=O) groups excluding carboxylic acids is 2. The Bertz CT molecular complexity index is 904. The van der Waals surface area contributed by atoms with Crippen molar-refractivity contribution in [2.75, 3.05) is 27.3 Å². The predicted molar refractivity (Wildman–Crippen MR) is 117 cm³/mol. The maximum Gasteiger partial charge on any atom is 0.317 e. The van der Waals surface area contributed by atoms with Gasteiger partial charge in [-0.3, -0.25) is 9.78 Å². The van der Waals surface area contributed by atoms with Gasteiger partial charge >= 0.3 is 6.03 Å². The van der Waals surface area contributed by atoms with Crippen molar-refractivity contribution in [2.24, 2.45) is 5.92 Å². The average molecular weight is 427 g/mol. The molecule has 2 aromatic rings. The molecule has 0 spiro atoms. The molecule has 8 nitrogen and oxygen atoms in total. The molecular weight excluding hydrogens is 396 g/mol. The SMILES string of the molecule is COc1cccc([C@H]2CN(C(=O)NC(C)C)C[C@H]2C(=O)NCc2ccccn2)c1OC. The topological polar surface area (TPSA) is 92.8 Å². The van der Waals surface area contributed by atoms with Crippen LogP contribution in [0.1, 0.15) is 31.0 Å². The Morgan fingerprint density at radius 1 is 1.13 bits per heavy atom. The van der Waals surface area contributed by atoms with Crippen LogP contribution < -0.4 is 20.1 Å². The lowest BCUT2D eigenvalue weighted by Gasteiger charge is -2.21. The lowest BCUT2D eigenvalue weighted by Crippen LogP contribution is -2.42. The fourth-order valence-corrected chi connectivity index (χ4v) is 3.90. The van der Waals surface area contributed by atoms with Crippen molar-refractivity contribution < 1.29 is 19.1 Å². The summed E-state index contributed by atoms with van der Waals surface area (Å²) in [5, 5.41) is 5.89. The molecule has 166 valence electrons. The van der Waals surface area contributed by atoms with Crippen LogP contribution in [0.2, 0.25) is 0 Å². The largest absolute Gasteiger partial charge is 0.493 e. The lowest BCUT2D eigenvalue weighted by atomic mass is 9.87. The highest BCUT2D eigenvalue weighted by molar-refractivity contribution is 5.83. The number of nitrogens with zero attached hydrogens (tertiary/aromatic N) is 2. The molecule has 3 rings (SSSR count). The second-order valence-corrected chi connectivity index (χ2v) is 7.84. The molecule has 0 saturated carbocycles. The van der Waals surface area contributed by atoms with Gasteiger partial charge in [-0.1, -0.05) is 18.2 Å². The molecule has 3 amide bonds. The molecule has 1 fully saturated rings. The zero-order valence-corrected chi connectivity index (χ0v) is 18.4. The van der Waals surface area contributed by atoms with Crippen LogP contribution in [-0.2, 0) is 11.3 Å². The first-order valence-corrected chi connectivity index (χ1v) is 10.4. The molecular formula is C23H30N4O4. The van der Waals surface area contributed by atoms with Crippen LogP contribution >= 0.6 is 0 Å². The van der Waals surface area contributed by atoms with Crippen LogP contribution in [0, 0.1) is 5.92 Å². The van der Waals surface area contributed by atoms with E-state index in [-0.39, 0.29) is 23.9 Å². The number of aromatic nitrogens is 1. The number of hydrogen-bond acceptors (Lipinski definition) is 5. The minimum Gasteiger partial charge on any atom is -0.493 e. The second-order valence-electron chi connectivity index (χ2n) is 7.84. The first-order valence-electron chi connectivity index (χ1n) is 10.4. The number of nitrogens with one attached hydrogen (secondary N) is 2. The fraction of sp³-hybridized carbons (Fsp3) is 0.435. The van der Waals surface area contributed by atoms with Crippen LogP contribution in [0.4, 0.5) is 4.79 Å². The van der Waals surface area contributed by atoms with Crippen LogP contribution in [0.3, 0.4) is 0 Å². The van der Waals surface area contributed by atoms with E-state index in [4.69, 9.17) is 9.47 Å². The van der Waals surface area contributed by atoms with Gasteiger partial charge in [0.2, 0.25) is 5.91 Å². The molecule has 1 saturated heterocycles. The Hall–Kier alpha value is -3.29. The summed E-state index contributed by atoms with van der Waals surface area (Å²) in [7, 11) is 3.16. The standard InChI is InChI=1S/C23H30N4O4/c1-15(2)26-23(29)27-13-18(17-9-7-10-20(30-3)21(17)31-4)19(14-27)22(28)25-12-16-8-5-6-11-24-16/h5-11,15,18-19H,12-14H2,1-4H3,(H,25,28)(H,26,29)/t18-,19-/m1/s1. The van der Waals surface area contributed by atoms with E-state index in [0.717, 1.165) is 11.3 Å². The minimum absolute atomic E-state index is 0.00865. The molecule has 8 heteroatoms. The highest BCUT2D eigenvalue weighted by Gasteiger charge is 2.42. The van der Waals surface area contributed by atoms with Gasteiger partial charge in [0.25, 0.3) is 0 Å². The maximum absolute atomic E-state index is 13.2. The molecule has 1 aliphatic rings. The second kappa shape index (κ2) is 10.1. The summed E-state index contributed by atoms with van der Waals surface area (Å²) in [5.74, 6) is 0.399. The quantitative estimate of drug-likeness (QED) is 0.710. The normalized spacial score (nSPS) is 18.0. The number of pyridine rings is 1. The molecule has 2 atom stereocenters. The average Bonchev–Trinajstić information content (AvgIpc) is 3.22. The highest BCUT2D eigenvalue weighted by Crippen LogP contribution is 2.42. The van der Waals surface area contributed by atoms with Gasteiger partial charge in [-0.05, 0) is 32.0 Å². The monoisotopic (exact) mass is 426 g/mol. The van der Waals surface area contributed by atoms with Crippen LogP contribution in [-0.4, -0.2) is 55.2 Å². The van der Waals surface area contributed by atoms with Gasteiger partial charge < -0.3 is 25.0 Å². The highest BCUT2D eigenvalue weighted by atomic mass is 16.5. The molecule has 0 radical (unpaired) electrons. The number of rotatable bonds is 7. The van der Waals surface area contributed by atoms with E-state index in [1.807, 2.05) is 50.2 Å². The number of hydrogen-bond donors (Lipinski definition) is 2. The molecule has 0 unspecified atom stereocenters. The number of para-hydroxylation sites is 1. The van der Waals surface area contributed by atoms with Crippen molar-refractivity contribution in [3.05, 3.63) is 53.9 Å². The molecule has 1 aromatic heterocycles. The third kappa shape index (κ3) is 5.25. The lowest BCUT2D eigenvalue weighted by molar-refractivity contribution is -0.125. The van der Waals surface area contributed by atoms with E-state index in [1.54, 1.807) is 25.3 Å². The summed E-state index contributed by atoms with van der Waals surface area (Å²) >= 11 is 0. The van der Waals surface area contributed by atoms with Gasteiger partial charge in [0.15, 0.2) is 11.5 Å². The van der Waals surface area contributed by atoms with E-state index >= 15 is 0 Å². The molecule has 1 aromatic carbocycles. The third-order valence-electron chi connectivity index (χ3n) is 5.36. The van der Waals surface area contributed by atoms with Crippen molar-refractivity contribution in [3.63, 3.8) is 0 Å². The number of ether oxygens (including phenoxy) is 2. The Morgan fingerprint density at radius 3 is 2.58 bits per heavy atom. The van der Waals surface area contributed by atoms with Crippen LogP contribution in [0.5, 0.6) is 11.5 Å². The summed E-state index contributed by atoms with van der Waals surface area (Å²) in [6.45, 7) is 4.87. The number of benzene rings is 1. The van der Waals surface area contributed by atoms with Gasteiger partial charge in [-0.2, -0.15) is 0 Å². The number of methoxy groups -OCH3 is 2. The van der Waals surface area contributed by atoms with E-state index in [2.05, 4.69) is 15.6 Å². The fourth-order valence-electron chi connectivity index (χ4n) is 3.90. The number of urea groups is 1. The molecule has 31 heavy (non-hydrogen) atoms. The van der Waals surface area contributed by atoms with Gasteiger partial charge in [-0.15, -0.1) is 0 Å². The van der Waals surface area contributed by atoms with E-state index in [0.29, 0.717) is 31.1 Å². The molecule has 0 aliphatic carbocycles. The van der Waals surface area contributed by atoms with Crippen molar-refractivity contribution >= 4 is 11.9 Å². The first-order chi connectivity index (χ1) is 14.9. The van der Waals surface area contributed by atoms with Crippen molar-refractivity contribution in [2.45, 2.75) is 32.4 Å². The summed E-state index contributed by atoms with van der Waals surface area (Å²) < 4.78 is 11.0. The summed E-state index contributed by atoms with van der Waals surface area (Å²) in [6, 6.07) is 11.0. The van der Waals surface area contributed by atoms with Crippen LogP contribution in [0.15, 0.2) is 42.6 Å². The molecule has 2 heterocycles. The Balaban J connectivity index is 1.86. The number of carbonyl (C=O) groups is 2. The Morgan fingerprint density at radius 2 is 1.94 bits per heavy atom. The maximum atomic E-state index is 13.2. The number of likely N-dealkylation sites (tertiary alicyclic amines) is 1. The third-order valence-corrected chi connectivity index (χ3v) is 5.36. The van der Waals surface area contributed by atoms with Gasteiger partial charge in [0.1, 0.15) is 0 Å².